The number of benzene rings is 3. The zero-order valence-electron chi connectivity index (χ0n) is 15.6. The monoisotopic (exact) mass is 391 g/mol. The fourth-order valence-electron chi connectivity index (χ4n) is 2.63. The number of nitriles is 2. The zero-order chi connectivity index (χ0) is 21.0. The quantitative estimate of drug-likeness (QED) is 0.616. The first-order valence-electron chi connectivity index (χ1n) is 8.49. The van der Waals surface area contributed by atoms with Crippen LogP contribution < -0.4 is 14.8 Å². The van der Waals surface area contributed by atoms with Crippen LogP contribution in [-0.2, 0) is 0 Å². The van der Waals surface area contributed by atoms with Crippen molar-refractivity contribution in [2.45, 2.75) is 6.92 Å². The Morgan fingerprint density at radius 3 is 1.93 bits per heavy atom. The summed E-state index contributed by atoms with van der Waals surface area (Å²) in [5, 5.41) is 21.2. The van der Waals surface area contributed by atoms with Crippen molar-refractivity contribution in [1.29, 1.82) is 10.5 Å². The number of rotatable bonds is 5. The summed E-state index contributed by atoms with van der Waals surface area (Å²) in [4.78, 5) is 0. The highest BCUT2D eigenvalue weighted by Crippen LogP contribution is 2.40. The third kappa shape index (κ3) is 3.95. The molecule has 0 aliphatic rings. The van der Waals surface area contributed by atoms with Crippen LogP contribution >= 0.6 is 0 Å². The number of aryl methyl sites for hydroxylation is 1. The Bertz CT molecular complexity index is 1130. The molecule has 3 rings (SSSR count). The van der Waals surface area contributed by atoms with E-state index < -0.39 is 28.5 Å². The summed E-state index contributed by atoms with van der Waals surface area (Å²) in [6.45, 7) is 1.87. The van der Waals surface area contributed by atoms with Crippen molar-refractivity contribution in [3.8, 4) is 29.4 Å². The average molecular weight is 391 g/mol. The average Bonchev–Trinajstić information content (AvgIpc) is 2.74. The molecule has 0 fully saturated rings. The van der Waals surface area contributed by atoms with E-state index >= 15 is 8.78 Å². The lowest BCUT2D eigenvalue weighted by atomic mass is 10.1. The standard InChI is InChI=1S/C22H15F2N3O2/c1-13-3-7-16(8-4-13)29-22-20(24)18(12-26)17(11-25)19(23)21(22)27-14-5-9-15(28-2)10-6-14/h3-10,27H,1-2H3. The molecule has 3 aromatic rings. The van der Waals surface area contributed by atoms with E-state index in [1.807, 2.05) is 6.92 Å². The van der Waals surface area contributed by atoms with E-state index in [0.29, 0.717) is 11.4 Å². The minimum absolute atomic E-state index is 0.250. The number of nitrogens with one attached hydrogen (secondary N) is 1. The number of nitrogens with zero attached hydrogens (tertiary/aromatic N) is 2. The van der Waals surface area contributed by atoms with Crippen LogP contribution in [-0.4, -0.2) is 7.11 Å². The van der Waals surface area contributed by atoms with Crippen LogP contribution in [0.2, 0.25) is 0 Å². The van der Waals surface area contributed by atoms with Gasteiger partial charge in [-0.1, -0.05) is 17.7 Å². The summed E-state index contributed by atoms with van der Waals surface area (Å²) in [6, 6.07) is 16.2. The van der Waals surface area contributed by atoms with Crippen molar-refractivity contribution < 1.29 is 18.3 Å². The van der Waals surface area contributed by atoms with Gasteiger partial charge in [0.2, 0.25) is 0 Å². The van der Waals surface area contributed by atoms with Crippen LogP contribution in [0, 0.1) is 41.2 Å². The van der Waals surface area contributed by atoms with Gasteiger partial charge >= 0.3 is 0 Å². The molecule has 0 saturated carbocycles. The molecule has 0 heterocycles. The van der Waals surface area contributed by atoms with E-state index in [1.54, 1.807) is 54.6 Å². The lowest BCUT2D eigenvalue weighted by Crippen LogP contribution is -2.06. The number of hydrogen-bond acceptors (Lipinski definition) is 5. The van der Waals surface area contributed by atoms with Crippen molar-refractivity contribution in [2.75, 3.05) is 12.4 Å². The lowest BCUT2D eigenvalue weighted by molar-refractivity contribution is 0.415. The maximum atomic E-state index is 15.1. The summed E-state index contributed by atoms with van der Waals surface area (Å²) in [5.41, 5.74) is -0.432. The fraction of sp³-hybridized carbons (Fsp3) is 0.0909. The van der Waals surface area contributed by atoms with Gasteiger partial charge in [-0.25, -0.2) is 8.78 Å². The third-order valence-electron chi connectivity index (χ3n) is 4.16. The highest BCUT2D eigenvalue weighted by Gasteiger charge is 2.27. The van der Waals surface area contributed by atoms with Gasteiger partial charge in [0.25, 0.3) is 0 Å². The van der Waals surface area contributed by atoms with E-state index in [-0.39, 0.29) is 11.4 Å². The molecule has 0 bridgehead atoms. The van der Waals surface area contributed by atoms with E-state index in [9.17, 15) is 10.5 Å². The molecular weight excluding hydrogens is 376 g/mol. The SMILES string of the molecule is COc1ccc(Nc2c(F)c(C#N)c(C#N)c(F)c2Oc2ccc(C)cc2)cc1. The molecular formula is C22H15F2N3O2. The largest absolute Gasteiger partial charge is 0.497 e. The molecule has 0 amide bonds. The molecule has 0 aromatic heterocycles. The van der Waals surface area contributed by atoms with Gasteiger partial charge in [0.05, 0.1) is 7.11 Å². The predicted octanol–water partition coefficient (Wildman–Crippen LogP) is 5.56. The molecule has 0 aliphatic carbocycles. The molecule has 0 aliphatic heterocycles. The van der Waals surface area contributed by atoms with Gasteiger partial charge in [-0.15, -0.1) is 0 Å². The molecule has 0 radical (unpaired) electrons. The second-order valence-electron chi connectivity index (χ2n) is 6.07. The molecule has 7 heteroatoms. The summed E-state index contributed by atoms with van der Waals surface area (Å²) in [5.74, 6) is -1.89. The van der Waals surface area contributed by atoms with Crippen LogP contribution in [0.1, 0.15) is 16.7 Å². The van der Waals surface area contributed by atoms with Gasteiger partial charge in [-0.05, 0) is 43.3 Å². The normalized spacial score (nSPS) is 10.0. The van der Waals surface area contributed by atoms with Gasteiger partial charge in [0.1, 0.15) is 40.5 Å². The Balaban J connectivity index is 2.15. The third-order valence-corrected chi connectivity index (χ3v) is 4.16. The van der Waals surface area contributed by atoms with Gasteiger partial charge in [0, 0.05) is 5.69 Å². The Labute approximate surface area is 166 Å². The Hall–Kier alpha value is -4.10. The zero-order valence-corrected chi connectivity index (χ0v) is 15.6. The first kappa shape index (κ1) is 19.7. The summed E-state index contributed by atoms with van der Waals surface area (Å²) < 4.78 is 40.7. The molecule has 3 aromatic carbocycles. The predicted molar refractivity (Wildman–Crippen MR) is 103 cm³/mol. The molecule has 1 N–H and O–H groups in total. The molecule has 144 valence electrons. The van der Waals surface area contributed by atoms with Crippen LogP contribution in [0.3, 0.4) is 0 Å². The van der Waals surface area contributed by atoms with Gasteiger partial charge in [-0.3, -0.25) is 0 Å². The van der Waals surface area contributed by atoms with Crippen LogP contribution in [0.5, 0.6) is 17.2 Å². The van der Waals surface area contributed by atoms with E-state index in [1.165, 1.54) is 13.2 Å². The number of anilines is 2. The van der Waals surface area contributed by atoms with Crippen LogP contribution in [0.4, 0.5) is 20.2 Å². The maximum Gasteiger partial charge on any atom is 0.190 e. The van der Waals surface area contributed by atoms with Gasteiger partial charge < -0.3 is 14.8 Å². The Kier molecular flexibility index (Phi) is 5.61. The molecule has 29 heavy (non-hydrogen) atoms. The second kappa shape index (κ2) is 8.28. The minimum atomic E-state index is -1.12. The molecule has 0 spiro atoms. The Morgan fingerprint density at radius 2 is 1.38 bits per heavy atom. The van der Waals surface area contributed by atoms with E-state index in [2.05, 4.69) is 5.32 Å². The first-order chi connectivity index (χ1) is 14.0. The smallest absolute Gasteiger partial charge is 0.190 e. The van der Waals surface area contributed by atoms with Gasteiger partial charge in [0.15, 0.2) is 17.4 Å². The second-order valence-corrected chi connectivity index (χ2v) is 6.07. The molecule has 0 unspecified atom stereocenters. The van der Waals surface area contributed by atoms with E-state index in [4.69, 9.17) is 9.47 Å². The lowest BCUT2D eigenvalue weighted by Gasteiger charge is -2.17. The topological polar surface area (TPSA) is 78.1 Å². The van der Waals surface area contributed by atoms with Crippen LogP contribution in [0.15, 0.2) is 48.5 Å². The molecule has 0 saturated heterocycles. The molecule has 0 atom stereocenters. The molecule has 5 nitrogen and oxygen atoms in total. The maximum absolute atomic E-state index is 15.1. The van der Waals surface area contributed by atoms with Crippen molar-refractivity contribution in [3.05, 3.63) is 76.9 Å². The van der Waals surface area contributed by atoms with Crippen molar-refractivity contribution in [3.63, 3.8) is 0 Å². The fourth-order valence-corrected chi connectivity index (χ4v) is 2.63. The number of hydrogen-bond donors (Lipinski definition) is 1. The van der Waals surface area contributed by atoms with Gasteiger partial charge in [-0.2, -0.15) is 10.5 Å². The highest BCUT2D eigenvalue weighted by molar-refractivity contribution is 5.73. The summed E-state index contributed by atoms with van der Waals surface area (Å²) >= 11 is 0. The van der Waals surface area contributed by atoms with Crippen LogP contribution in [0.25, 0.3) is 0 Å². The number of ether oxygens (including phenoxy) is 2. The van der Waals surface area contributed by atoms with Crippen molar-refractivity contribution >= 4 is 11.4 Å². The van der Waals surface area contributed by atoms with Crippen molar-refractivity contribution in [2.24, 2.45) is 0 Å². The number of methoxy groups -OCH3 is 1. The summed E-state index contributed by atoms with van der Waals surface area (Å²) in [7, 11) is 1.50. The van der Waals surface area contributed by atoms with E-state index in [0.717, 1.165) is 5.56 Å². The van der Waals surface area contributed by atoms with Crippen molar-refractivity contribution in [1.82, 2.24) is 0 Å². The highest BCUT2D eigenvalue weighted by atomic mass is 19.1. The number of halogens is 2. The summed E-state index contributed by atoms with van der Waals surface area (Å²) in [6.07, 6.45) is 0. The minimum Gasteiger partial charge on any atom is -0.497 e. The Morgan fingerprint density at radius 1 is 0.828 bits per heavy atom. The first-order valence-corrected chi connectivity index (χ1v) is 8.49.